The van der Waals surface area contributed by atoms with Gasteiger partial charge < -0.3 is 10.6 Å². The molecule has 2 N–H and O–H groups in total. The highest BCUT2D eigenvalue weighted by molar-refractivity contribution is 7.90. The Morgan fingerprint density at radius 1 is 1.12 bits per heavy atom. The first kappa shape index (κ1) is 23.7. The van der Waals surface area contributed by atoms with E-state index >= 15 is 0 Å². The van der Waals surface area contributed by atoms with Gasteiger partial charge in [-0.3, -0.25) is 4.79 Å². The largest absolute Gasteiger partial charge is 0.347 e. The SMILES string of the molecule is C=C(C(=O)NC1(CCC2NCCc3ccccc32)CCCCC1)c1cccc(S(C)(=O)=O)c1. The van der Waals surface area contributed by atoms with Gasteiger partial charge >= 0.3 is 0 Å². The summed E-state index contributed by atoms with van der Waals surface area (Å²) in [5.74, 6) is -0.209. The van der Waals surface area contributed by atoms with Gasteiger partial charge in [-0.2, -0.15) is 0 Å². The highest BCUT2D eigenvalue weighted by atomic mass is 32.2. The third kappa shape index (κ3) is 5.56. The van der Waals surface area contributed by atoms with Crippen LogP contribution in [0.5, 0.6) is 0 Å². The molecular weight excluding hydrogens is 432 g/mol. The molecule has 0 aromatic heterocycles. The second kappa shape index (κ2) is 9.82. The van der Waals surface area contributed by atoms with Gasteiger partial charge in [-0.25, -0.2) is 8.42 Å². The van der Waals surface area contributed by atoms with Crippen LogP contribution in [0.25, 0.3) is 5.57 Å². The fraction of sp³-hybridized carbons (Fsp3) is 0.444. The highest BCUT2D eigenvalue weighted by Gasteiger charge is 2.35. The van der Waals surface area contributed by atoms with Crippen molar-refractivity contribution < 1.29 is 13.2 Å². The predicted molar refractivity (Wildman–Crippen MR) is 133 cm³/mol. The van der Waals surface area contributed by atoms with Crippen LogP contribution < -0.4 is 10.6 Å². The first-order valence-corrected chi connectivity index (χ1v) is 13.8. The van der Waals surface area contributed by atoms with Crippen LogP contribution in [0.3, 0.4) is 0 Å². The monoisotopic (exact) mass is 466 g/mol. The van der Waals surface area contributed by atoms with Crippen molar-refractivity contribution >= 4 is 21.3 Å². The van der Waals surface area contributed by atoms with Crippen molar-refractivity contribution in [2.75, 3.05) is 12.8 Å². The average Bonchev–Trinajstić information content (AvgIpc) is 2.82. The molecule has 1 amide bonds. The molecule has 33 heavy (non-hydrogen) atoms. The minimum Gasteiger partial charge on any atom is -0.347 e. The molecule has 176 valence electrons. The van der Waals surface area contributed by atoms with Crippen LogP contribution in [0.1, 0.15) is 67.7 Å². The summed E-state index contributed by atoms with van der Waals surface area (Å²) in [6.07, 6.45) is 9.42. The second-order valence-electron chi connectivity index (χ2n) is 9.57. The summed E-state index contributed by atoms with van der Waals surface area (Å²) in [6.45, 7) is 4.99. The van der Waals surface area contributed by atoms with Crippen molar-refractivity contribution in [1.82, 2.24) is 10.6 Å². The van der Waals surface area contributed by atoms with E-state index in [9.17, 15) is 13.2 Å². The molecule has 5 nitrogen and oxygen atoms in total. The molecule has 1 saturated carbocycles. The van der Waals surface area contributed by atoms with Crippen molar-refractivity contribution in [2.45, 2.75) is 67.8 Å². The van der Waals surface area contributed by atoms with Crippen LogP contribution in [-0.4, -0.2) is 32.7 Å². The fourth-order valence-electron chi connectivity index (χ4n) is 5.30. The molecule has 2 aromatic rings. The van der Waals surface area contributed by atoms with Crippen molar-refractivity contribution in [1.29, 1.82) is 0 Å². The van der Waals surface area contributed by atoms with E-state index in [0.717, 1.165) is 51.5 Å². The van der Waals surface area contributed by atoms with Crippen molar-refractivity contribution in [3.8, 4) is 0 Å². The number of carbonyl (C=O) groups excluding carboxylic acids is 1. The molecule has 1 atom stereocenters. The summed E-state index contributed by atoms with van der Waals surface area (Å²) in [5, 5.41) is 7.00. The second-order valence-corrected chi connectivity index (χ2v) is 11.6. The minimum absolute atomic E-state index is 0.198. The van der Waals surface area contributed by atoms with E-state index < -0.39 is 9.84 Å². The lowest BCUT2D eigenvalue weighted by atomic mass is 9.76. The van der Waals surface area contributed by atoms with Gasteiger partial charge in [0, 0.05) is 23.4 Å². The number of benzene rings is 2. The first-order valence-electron chi connectivity index (χ1n) is 11.9. The van der Waals surface area contributed by atoms with E-state index in [1.807, 2.05) is 0 Å². The molecular formula is C27H34N2O3S. The van der Waals surface area contributed by atoms with Crippen LogP contribution in [0.2, 0.25) is 0 Å². The quantitative estimate of drug-likeness (QED) is 0.585. The van der Waals surface area contributed by atoms with E-state index in [2.05, 4.69) is 41.5 Å². The normalized spacial score (nSPS) is 20.0. The number of amides is 1. The van der Waals surface area contributed by atoms with Gasteiger partial charge in [0.15, 0.2) is 9.84 Å². The van der Waals surface area contributed by atoms with Crippen molar-refractivity contribution in [3.05, 3.63) is 71.8 Å². The van der Waals surface area contributed by atoms with Crippen LogP contribution in [0, 0.1) is 0 Å². The Balaban J connectivity index is 1.49. The van der Waals surface area contributed by atoms with Gasteiger partial charge in [0.1, 0.15) is 0 Å². The van der Waals surface area contributed by atoms with E-state index in [-0.39, 0.29) is 16.3 Å². The number of fused-ring (bicyclic) bond motifs is 1. The van der Waals surface area contributed by atoms with Crippen LogP contribution in [-0.2, 0) is 21.1 Å². The lowest BCUT2D eigenvalue weighted by molar-refractivity contribution is -0.118. The Hall–Kier alpha value is -2.44. The van der Waals surface area contributed by atoms with Gasteiger partial charge in [0.25, 0.3) is 5.91 Å². The molecule has 0 bridgehead atoms. The highest BCUT2D eigenvalue weighted by Crippen LogP contribution is 2.36. The number of carbonyl (C=O) groups is 1. The van der Waals surface area contributed by atoms with Gasteiger partial charge in [0.2, 0.25) is 0 Å². The molecule has 1 unspecified atom stereocenters. The summed E-state index contributed by atoms with van der Waals surface area (Å²) in [5.41, 5.74) is 3.40. The Labute approximate surface area is 197 Å². The zero-order chi connectivity index (χ0) is 23.5. The summed E-state index contributed by atoms with van der Waals surface area (Å²) in [6, 6.07) is 15.4. The molecule has 2 aliphatic rings. The summed E-state index contributed by atoms with van der Waals surface area (Å²) in [4.78, 5) is 13.4. The predicted octanol–water partition coefficient (Wildman–Crippen LogP) is 4.59. The maximum Gasteiger partial charge on any atom is 0.251 e. The van der Waals surface area contributed by atoms with Crippen molar-refractivity contribution in [3.63, 3.8) is 0 Å². The topological polar surface area (TPSA) is 75.3 Å². The molecule has 0 spiro atoms. The number of hydrogen-bond acceptors (Lipinski definition) is 4. The molecule has 4 rings (SSSR count). The third-order valence-electron chi connectivity index (χ3n) is 7.20. The molecule has 1 heterocycles. The van der Waals surface area contributed by atoms with E-state index in [4.69, 9.17) is 0 Å². The van der Waals surface area contributed by atoms with Gasteiger partial charge in [-0.05, 0) is 67.5 Å². The maximum atomic E-state index is 13.3. The standard InChI is InChI=1S/C27H34N2O3S/c1-20(22-10-8-11-23(19-22)33(2,31)32)26(30)29-27(15-6-3-7-16-27)17-13-25-24-12-5-4-9-21(24)14-18-28-25/h4-5,8-12,19,25,28H,1,3,6-7,13-18H2,2H3,(H,29,30). The summed E-state index contributed by atoms with van der Waals surface area (Å²) >= 11 is 0. The first-order chi connectivity index (χ1) is 15.8. The van der Waals surface area contributed by atoms with Gasteiger partial charge in [-0.1, -0.05) is 62.2 Å². The van der Waals surface area contributed by atoms with Crippen LogP contribution >= 0.6 is 0 Å². The number of nitrogens with one attached hydrogen (secondary N) is 2. The Kier molecular flexibility index (Phi) is 7.05. The Bertz CT molecular complexity index is 1130. The van der Waals surface area contributed by atoms with Crippen LogP contribution in [0.4, 0.5) is 0 Å². The Morgan fingerprint density at radius 3 is 2.64 bits per heavy atom. The lowest BCUT2D eigenvalue weighted by Crippen LogP contribution is -2.50. The maximum absolute atomic E-state index is 13.3. The fourth-order valence-corrected chi connectivity index (χ4v) is 5.97. The number of sulfone groups is 1. The van der Waals surface area contributed by atoms with E-state index in [0.29, 0.717) is 17.2 Å². The summed E-state index contributed by atoms with van der Waals surface area (Å²) < 4.78 is 23.9. The average molecular weight is 467 g/mol. The van der Waals surface area contributed by atoms with Gasteiger partial charge in [0.05, 0.1) is 4.90 Å². The molecule has 1 aliphatic heterocycles. The summed E-state index contributed by atoms with van der Waals surface area (Å²) in [7, 11) is -3.35. The van der Waals surface area contributed by atoms with E-state index in [1.54, 1.807) is 18.2 Å². The lowest BCUT2D eigenvalue weighted by Gasteiger charge is -2.40. The van der Waals surface area contributed by atoms with Crippen molar-refractivity contribution in [2.24, 2.45) is 0 Å². The zero-order valence-electron chi connectivity index (χ0n) is 19.4. The molecule has 6 heteroatoms. The Morgan fingerprint density at radius 2 is 1.88 bits per heavy atom. The molecule has 0 radical (unpaired) electrons. The molecule has 2 aromatic carbocycles. The number of hydrogen-bond donors (Lipinski definition) is 2. The third-order valence-corrected chi connectivity index (χ3v) is 8.31. The molecule has 0 saturated heterocycles. The minimum atomic E-state index is -3.35. The number of rotatable bonds is 7. The smallest absolute Gasteiger partial charge is 0.251 e. The van der Waals surface area contributed by atoms with Crippen LogP contribution in [0.15, 0.2) is 60.0 Å². The molecule has 1 aliphatic carbocycles. The van der Waals surface area contributed by atoms with E-state index in [1.165, 1.54) is 29.9 Å². The van der Waals surface area contributed by atoms with Gasteiger partial charge in [-0.15, -0.1) is 0 Å². The molecule has 1 fully saturated rings. The zero-order valence-corrected chi connectivity index (χ0v) is 20.2.